The average molecular weight is 435 g/mol. The third-order valence-electron chi connectivity index (χ3n) is 4.62. The standard InChI is InChI=1S/C18H18N3O8P/c22-14-8-19-21(18(25)20-14)17-16(24)15(23)13(28-17)9-27-30(26)29-12-7-3-5-10-4-1-2-6-11(10)12/h1-8,13,15-17,23-24,30H,9H2,(H,20,22,25). The normalized spacial score (nSPS) is 24.7. The molecule has 0 radical (unpaired) electrons. The van der Waals surface area contributed by atoms with Crippen LogP contribution in [-0.2, 0) is 13.8 Å². The molecule has 0 aliphatic carbocycles. The Morgan fingerprint density at radius 3 is 2.70 bits per heavy atom. The second kappa shape index (κ2) is 8.50. The molecule has 3 aromatic rings. The zero-order valence-electron chi connectivity index (χ0n) is 15.4. The highest BCUT2D eigenvalue weighted by atomic mass is 31.1. The second-order valence-corrected chi connectivity index (χ2v) is 7.56. The number of aromatic nitrogens is 3. The van der Waals surface area contributed by atoms with Crippen LogP contribution >= 0.6 is 8.25 Å². The Kier molecular flexibility index (Phi) is 5.80. The molecular formula is C18H18N3O8P. The van der Waals surface area contributed by atoms with E-state index in [1.807, 2.05) is 35.3 Å². The predicted molar refractivity (Wildman–Crippen MR) is 105 cm³/mol. The van der Waals surface area contributed by atoms with Gasteiger partial charge in [0.05, 0.1) is 6.61 Å². The van der Waals surface area contributed by atoms with E-state index >= 15 is 0 Å². The zero-order chi connectivity index (χ0) is 21.3. The van der Waals surface area contributed by atoms with Crippen LogP contribution in [0.5, 0.6) is 5.75 Å². The van der Waals surface area contributed by atoms with Crippen LogP contribution in [0, 0.1) is 0 Å². The van der Waals surface area contributed by atoms with Crippen molar-refractivity contribution in [2.24, 2.45) is 0 Å². The molecule has 0 saturated carbocycles. The fourth-order valence-electron chi connectivity index (χ4n) is 3.17. The van der Waals surface area contributed by atoms with Crippen molar-refractivity contribution in [3.8, 4) is 5.75 Å². The lowest BCUT2D eigenvalue weighted by atomic mass is 10.1. The van der Waals surface area contributed by atoms with Crippen LogP contribution in [0.1, 0.15) is 6.23 Å². The van der Waals surface area contributed by atoms with E-state index in [1.54, 1.807) is 12.1 Å². The number of rotatable bonds is 6. The quantitative estimate of drug-likeness (QED) is 0.461. The van der Waals surface area contributed by atoms with Gasteiger partial charge in [0, 0.05) is 5.39 Å². The third-order valence-corrected chi connectivity index (χ3v) is 5.41. The number of aliphatic hydroxyl groups is 2. The Bertz CT molecular complexity index is 1190. The van der Waals surface area contributed by atoms with Crippen molar-refractivity contribution in [2.75, 3.05) is 6.61 Å². The van der Waals surface area contributed by atoms with Crippen LogP contribution in [0.25, 0.3) is 10.8 Å². The Hall–Kier alpha value is -2.82. The van der Waals surface area contributed by atoms with Crippen molar-refractivity contribution in [3.63, 3.8) is 0 Å². The summed E-state index contributed by atoms with van der Waals surface area (Å²) >= 11 is 0. The van der Waals surface area contributed by atoms with Gasteiger partial charge >= 0.3 is 13.9 Å². The van der Waals surface area contributed by atoms with Gasteiger partial charge in [-0.25, -0.2) is 9.36 Å². The summed E-state index contributed by atoms with van der Waals surface area (Å²) in [6.07, 6.45) is -4.57. The van der Waals surface area contributed by atoms with E-state index in [2.05, 4.69) is 5.10 Å². The number of hydrogen-bond donors (Lipinski definition) is 3. The van der Waals surface area contributed by atoms with Gasteiger partial charge in [0.1, 0.15) is 30.3 Å². The van der Waals surface area contributed by atoms with Crippen molar-refractivity contribution in [3.05, 3.63) is 69.5 Å². The first kappa shape index (κ1) is 20.5. The molecule has 1 aliphatic rings. The third kappa shape index (κ3) is 4.07. The van der Waals surface area contributed by atoms with Crippen molar-refractivity contribution in [1.82, 2.24) is 14.8 Å². The largest absolute Gasteiger partial charge is 0.426 e. The highest BCUT2D eigenvalue weighted by Crippen LogP contribution is 2.35. The van der Waals surface area contributed by atoms with Crippen molar-refractivity contribution < 1.29 is 28.6 Å². The maximum atomic E-state index is 12.3. The molecule has 4 rings (SSSR count). The minimum absolute atomic E-state index is 0.366. The first-order valence-corrected chi connectivity index (χ1v) is 10.2. The molecule has 1 aliphatic heterocycles. The lowest BCUT2D eigenvalue weighted by molar-refractivity contribution is -0.0587. The lowest BCUT2D eigenvalue weighted by Crippen LogP contribution is -2.39. The summed E-state index contributed by atoms with van der Waals surface area (Å²) in [6, 6.07) is 12.7. The van der Waals surface area contributed by atoms with Gasteiger partial charge in [-0.3, -0.25) is 14.3 Å². The monoisotopic (exact) mass is 435 g/mol. The SMILES string of the molecule is O=c1cnn(C2OC(CO[PH](=O)Oc3cccc4ccccc34)C(O)C2O)c(=O)[nH]1. The maximum Gasteiger partial charge on any atom is 0.367 e. The van der Waals surface area contributed by atoms with Crippen LogP contribution in [0.4, 0.5) is 0 Å². The molecule has 30 heavy (non-hydrogen) atoms. The molecule has 11 nitrogen and oxygen atoms in total. The molecule has 1 aromatic heterocycles. The first-order valence-electron chi connectivity index (χ1n) is 8.96. The van der Waals surface area contributed by atoms with Crippen LogP contribution in [0.15, 0.2) is 58.3 Å². The highest BCUT2D eigenvalue weighted by Gasteiger charge is 2.45. The summed E-state index contributed by atoms with van der Waals surface area (Å²) in [5, 5.41) is 25.6. The smallest absolute Gasteiger partial charge is 0.367 e. The van der Waals surface area contributed by atoms with E-state index in [-0.39, 0.29) is 6.61 Å². The summed E-state index contributed by atoms with van der Waals surface area (Å²) in [7, 11) is -3.01. The molecule has 12 heteroatoms. The van der Waals surface area contributed by atoms with Crippen LogP contribution in [0.3, 0.4) is 0 Å². The molecule has 5 atom stereocenters. The molecule has 0 spiro atoms. The Morgan fingerprint density at radius 2 is 1.90 bits per heavy atom. The molecule has 158 valence electrons. The van der Waals surface area contributed by atoms with Crippen LogP contribution in [-0.4, -0.2) is 49.9 Å². The summed E-state index contributed by atoms with van der Waals surface area (Å²) < 4.78 is 29.0. The van der Waals surface area contributed by atoms with E-state index in [1.165, 1.54) is 0 Å². The topological polar surface area (TPSA) is 153 Å². The average Bonchev–Trinajstić information content (AvgIpc) is 3.01. The van der Waals surface area contributed by atoms with Crippen molar-refractivity contribution in [1.29, 1.82) is 0 Å². The van der Waals surface area contributed by atoms with Crippen molar-refractivity contribution >= 4 is 19.0 Å². The maximum absolute atomic E-state index is 12.3. The van der Waals surface area contributed by atoms with Gasteiger partial charge in [-0.15, -0.1) is 0 Å². The Balaban J connectivity index is 1.41. The zero-order valence-corrected chi connectivity index (χ0v) is 16.4. The van der Waals surface area contributed by atoms with Gasteiger partial charge in [0.2, 0.25) is 0 Å². The Morgan fingerprint density at radius 1 is 1.13 bits per heavy atom. The molecule has 1 saturated heterocycles. The van der Waals surface area contributed by atoms with Gasteiger partial charge in [0.15, 0.2) is 6.23 Å². The molecule has 5 unspecified atom stereocenters. The van der Waals surface area contributed by atoms with E-state index < -0.39 is 44.0 Å². The van der Waals surface area contributed by atoms with Gasteiger partial charge < -0.3 is 19.5 Å². The number of H-pyrrole nitrogens is 1. The molecule has 0 amide bonds. The highest BCUT2D eigenvalue weighted by molar-refractivity contribution is 7.33. The van der Waals surface area contributed by atoms with Crippen molar-refractivity contribution in [2.45, 2.75) is 24.5 Å². The number of nitrogens with zero attached hydrogens (tertiary/aromatic N) is 2. The molecule has 3 N–H and O–H groups in total. The minimum atomic E-state index is -3.01. The summed E-state index contributed by atoms with van der Waals surface area (Å²) in [5.74, 6) is 0.381. The summed E-state index contributed by atoms with van der Waals surface area (Å²) in [4.78, 5) is 24.9. The molecule has 0 bridgehead atoms. The van der Waals surface area contributed by atoms with E-state index in [4.69, 9.17) is 13.8 Å². The number of benzene rings is 2. The van der Waals surface area contributed by atoms with Crippen LogP contribution in [0.2, 0.25) is 0 Å². The first-order chi connectivity index (χ1) is 14.4. The van der Waals surface area contributed by atoms with Gasteiger partial charge in [-0.1, -0.05) is 36.4 Å². The van der Waals surface area contributed by atoms with Gasteiger partial charge in [0.25, 0.3) is 5.56 Å². The fourth-order valence-corrected chi connectivity index (χ4v) is 3.88. The lowest BCUT2D eigenvalue weighted by Gasteiger charge is -2.15. The molecule has 1 fully saturated rings. The van der Waals surface area contributed by atoms with Crippen LogP contribution < -0.4 is 15.8 Å². The molecule has 2 heterocycles. The number of nitrogens with one attached hydrogen (secondary N) is 1. The van der Waals surface area contributed by atoms with Gasteiger partial charge in [-0.2, -0.15) is 9.78 Å². The Labute approximate surface area is 169 Å². The summed E-state index contributed by atoms with van der Waals surface area (Å²) in [6.45, 7) is -0.366. The number of aromatic amines is 1. The van der Waals surface area contributed by atoms with Gasteiger partial charge in [-0.05, 0) is 11.5 Å². The molecule has 2 aromatic carbocycles. The number of ether oxygens (including phenoxy) is 1. The number of aliphatic hydroxyl groups excluding tert-OH is 2. The number of hydrogen-bond acceptors (Lipinski definition) is 9. The predicted octanol–water partition coefficient (Wildman–Crippen LogP) is 0.189. The van der Waals surface area contributed by atoms with E-state index in [0.29, 0.717) is 10.4 Å². The van der Waals surface area contributed by atoms with E-state index in [0.717, 1.165) is 17.0 Å². The second-order valence-electron chi connectivity index (χ2n) is 6.57. The fraction of sp³-hybridized carbons (Fsp3) is 0.278. The number of fused-ring (bicyclic) bond motifs is 1. The summed E-state index contributed by atoms with van der Waals surface area (Å²) in [5.41, 5.74) is -1.62. The molecular weight excluding hydrogens is 417 g/mol. The van der Waals surface area contributed by atoms with E-state index in [9.17, 15) is 24.4 Å². The minimum Gasteiger partial charge on any atom is -0.426 e.